The highest BCUT2D eigenvalue weighted by Crippen LogP contribution is 2.32. The summed E-state index contributed by atoms with van der Waals surface area (Å²) in [4.78, 5) is 5.80. The van der Waals surface area contributed by atoms with Crippen LogP contribution in [0.4, 0.5) is 0 Å². The lowest BCUT2D eigenvalue weighted by molar-refractivity contribution is 0.412. The van der Waals surface area contributed by atoms with E-state index in [-0.39, 0.29) is 0 Å². The Morgan fingerprint density at radius 1 is 1.38 bits per heavy atom. The molecule has 1 unspecified atom stereocenters. The lowest BCUT2D eigenvalue weighted by Crippen LogP contribution is -2.13. The summed E-state index contributed by atoms with van der Waals surface area (Å²) < 4.78 is 0. The molecule has 1 saturated heterocycles. The molecule has 1 aromatic carbocycles. The standard InChI is InChI=1S/C14H18N2/c1-10-3-4-14-12(7-10)13(8-15-14)11-5-6-16(2)9-11/h3-4,7-8,11,15H,5-6,9H2,1-2H3. The minimum Gasteiger partial charge on any atom is -0.361 e. The first-order valence-electron chi connectivity index (χ1n) is 6.00. The van der Waals surface area contributed by atoms with Gasteiger partial charge in [0.1, 0.15) is 0 Å². The van der Waals surface area contributed by atoms with Crippen LogP contribution in [0.15, 0.2) is 24.4 Å². The summed E-state index contributed by atoms with van der Waals surface area (Å²) in [7, 11) is 2.21. The Morgan fingerprint density at radius 3 is 3.00 bits per heavy atom. The molecule has 1 N–H and O–H groups in total. The molecular weight excluding hydrogens is 196 g/mol. The van der Waals surface area contributed by atoms with Crippen molar-refractivity contribution in [2.24, 2.45) is 0 Å². The predicted molar refractivity (Wildman–Crippen MR) is 67.9 cm³/mol. The minimum absolute atomic E-state index is 0.709. The van der Waals surface area contributed by atoms with E-state index in [1.165, 1.54) is 41.5 Å². The van der Waals surface area contributed by atoms with Gasteiger partial charge in [0.25, 0.3) is 0 Å². The maximum Gasteiger partial charge on any atom is 0.0457 e. The van der Waals surface area contributed by atoms with Crippen LogP contribution in [0.3, 0.4) is 0 Å². The fraction of sp³-hybridized carbons (Fsp3) is 0.429. The van der Waals surface area contributed by atoms with Crippen molar-refractivity contribution in [1.29, 1.82) is 0 Å². The van der Waals surface area contributed by atoms with E-state index in [1.807, 2.05) is 0 Å². The number of rotatable bonds is 1. The lowest BCUT2D eigenvalue weighted by Gasteiger charge is -2.09. The van der Waals surface area contributed by atoms with Crippen molar-refractivity contribution in [2.45, 2.75) is 19.3 Å². The normalized spacial score (nSPS) is 22.0. The van der Waals surface area contributed by atoms with Gasteiger partial charge in [-0.3, -0.25) is 0 Å². The number of aromatic amines is 1. The summed E-state index contributed by atoms with van der Waals surface area (Å²) >= 11 is 0. The minimum atomic E-state index is 0.709. The molecule has 0 radical (unpaired) electrons. The predicted octanol–water partition coefficient (Wildman–Crippen LogP) is 2.90. The molecule has 1 atom stereocenters. The largest absolute Gasteiger partial charge is 0.361 e. The van der Waals surface area contributed by atoms with Gasteiger partial charge in [0, 0.05) is 23.6 Å². The van der Waals surface area contributed by atoms with Crippen molar-refractivity contribution in [3.8, 4) is 0 Å². The highest BCUT2D eigenvalue weighted by Gasteiger charge is 2.23. The number of aromatic nitrogens is 1. The average molecular weight is 214 g/mol. The molecule has 0 aliphatic carbocycles. The van der Waals surface area contributed by atoms with Crippen molar-refractivity contribution < 1.29 is 0 Å². The molecule has 0 saturated carbocycles. The topological polar surface area (TPSA) is 19.0 Å². The third-order valence-corrected chi connectivity index (χ3v) is 3.70. The number of likely N-dealkylation sites (N-methyl/N-ethyl adjacent to an activating group) is 1. The van der Waals surface area contributed by atoms with Gasteiger partial charge in [-0.15, -0.1) is 0 Å². The van der Waals surface area contributed by atoms with Gasteiger partial charge in [0.2, 0.25) is 0 Å². The number of likely N-dealkylation sites (tertiary alicyclic amines) is 1. The Hall–Kier alpha value is -1.28. The van der Waals surface area contributed by atoms with E-state index in [0.29, 0.717) is 5.92 Å². The van der Waals surface area contributed by atoms with Gasteiger partial charge >= 0.3 is 0 Å². The first-order chi connectivity index (χ1) is 7.74. The van der Waals surface area contributed by atoms with Crippen LogP contribution in [0.1, 0.15) is 23.5 Å². The van der Waals surface area contributed by atoms with E-state index in [2.05, 4.69) is 48.3 Å². The zero-order valence-electron chi connectivity index (χ0n) is 9.96. The molecule has 1 aliphatic rings. The summed E-state index contributed by atoms with van der Waals surface area (Å²) in [6.45, 7) is 4.58. The molecule has 2 aromatic rings. The molecule has 1 fully saturated rings. The van der Waals surface area contributed by atoms with Crippen molar-refractivity contribution in [3.63, 3.8) is 0 Å². The Labute approximate surface area is 96.3 Å². The summed E-state index contributed by atoms with van der Waals surface area (Å²) in [6.07, 6.45) is 3.49. The van der Waals surface area contributed by atoms with Gasteiger partial charge in [-0.05, 0) is 50.6 Å². The van der Waals surface area contributed by atoms with Gasteiger partial charge < -0.3 is 9.88 Å². The van der Waals surface area contributed by atoms with Gasteiger partial charge in [-0.2, -0.15) is 0 Å². The molecule has 0 amide bonds. The molecule has 1 aliphatic heterocycles. The second-order valence-corrected chi connectivity index (χ2v) is 5.04. The van der Waals surface area contributed by atoms with Crippen molar-refractivity contribution in [1.82, 2.24) is 9.88 Å². The number of fused-ring (bicyclic) bond motifs is 1. The van der Waals surface area contributed by atoms with Crippen LogP contribution in [-0.4, -0.2) is 30.0 Å². The fourth-order valence-corrected chi connectivity index (χ4v) is 2.78. The fourth-order valence-electron chi connectivity index (χ4n) is 2.78. The van der Waals surface area contributed by atoms with Gasteiger partial charge in [0.15, 0.2) is 0 Å². The molecule has 3 rings (SSSR count). The van der Waals surface area contributed by atoms with Crippen LogP contribution in [0.25, 0.3) is 10.9 Å². The highest BCUT2D eigenvalue weighted by atomic mass is 15.1. The number of H-pyrrole nitrogens is 1. The van der Waals surface area contributed by atoms with E-state index in [4.69, 9.17) is 0 Å². The van der Waals surface area contributed by atoms with Gasteiger partial charge in [0.05, 0.1) is 0 Å². The summed E-state index contributed by atoms with van der Waals surface area (Å²) in [5.74, 6) is 0.709. The quantitative estimate of drug-likeness (QED) is 0.773. The summed E-state index contributed by atoms with van der Waals surface area (Å²) in [5, 5.41) is 1.42. The number of benzene rings is 1. The number of nitrogens with zero attached hydrogens (tertiary/aromatic N) is 1. The number of nitrogens with one attached hydrogen (secondary N) is 1. The number of hydrogen-bond acceptors (Lipinski definition) is 1. The maximum atomic E-state index is 3.39. The molecule has 2 heterocycles. The third kappa shape index (κ3) is 1.54. The van der Waals surface area contributed by atoms with E-state index >= 15 is 0 Å². The number of hydrogen-bond donors (Lipinski definition) is 1. The monoisotopic (exact) mass is 214 g/mol. The third-order valence-electron chi connectivity index (χ3n) is 3.70. The first kappa shape index (κ1) is 9.91. The smallest absolute Gasteiger partial charge is 0.0457 e. The Kier molecular flexibility index (Phi) is 2.25. The Balaban J connectivity index is 2.06. The molecular formula is C14H18N2. The molecule has 16 heavy (non-hydrogen) atoms. The Bertz CT molecular complexity index is 512. The molecule has 1 aromatic heterocycles. The SMILES string of the molecule is Cc1ccc2[nH]cc(C3CCN(C)C3)c2c1. The zero-order chi connectivity index (χ0) is 11.1. The number of aryl methyl sites for hydroxylation is 1. The van der Waals surface area contributed by atoms with Gasteiger partial charge in [-0.1, -0.05) is 11.6 Å². The Morgan fingerprint density at radius 2 is 2.25 bits per heavy atom. The van der Waals surface area contributed by atoms with E-state index < -0.39 is 0 Å². The molecule has 2 nitrogen and oxygen atoms in total. The molecule has 84 valence electrons. The van der Waals surface area contributed by atoms with Crippen molar-refractivity contribution in [2.75, 3.05) is 20.1 Å². The second kappa shape index (κ2) is 3.63. The van der Waals surface area contributed by atoms with Crippen LogP contribution >= 0.6 is 0 Å². The van der Waals surface area contributed by atoms with Crippen LogP contribution in [-0.2, 0) is 0 Å². The molecule has 0 bridgehead atoms. The van der Waals surface area contributed by atoms with Crippen LogP contribution in [0.2, 0.25) is 0 Å². The molecule has 0 spiro atoms. The van der Waals surface area contributed by atoms with E-state index in [9.17, 15) is 0 Å². The summed E-state index contributed by atoms with van der Waals surface area (Å²) in [5.41, 5.74) is 4.12. The van der Waals surface area contributed by atoms with Crippen molar-refractivity contribution in [3.05, 3.63) is 35.5 Å². The maximum absolute atomic E-state index is 3.39. The van der Waals surface area contributed by atoms with E-state index in [1.54, 1.807) is 0 Å². The second-order valence-electron chi connectivity index (χ2n) is 5.04. The highest BCUT2D eigenvalue weighted by molar-refractivity contribution is 5.84. The van der Waals surface area contributed by atoms with Crippen LogP contribution in [0, 0.1) is 6.92 Å². The van der Waals surface area contributed by atoms with Crippen LogP contribution < -0.4 is 0 Å². The lowest BCUT2D eigenvalue weighted by atomic mass is 9.97. The van der Waals surface area contributed by atoms with Crippen molar-refractivity contribution >= 4 is 10.9 Å². The van der Waals surface area contributed by atoms with E-state index in [0.717, 1.165) is 0 Å². The average Bonchev–Trinajstić information content (AvgIpc) is 2.83. The first-order valence-corrected chi connectivity index (χ1v) is 6.00. The van der Waals surface area contributed by atoms with Crippen LogP contribution in [0.5, 0.6) is 0 Å². The molecule has 2 heteroatoms. The summed E-state index contributed by atoms with van der Waals surface area (Å²) in [6, 6.07) is 6.66. The van der Waals surface area contributed by atoms with Gasteiger partial charge in [-0.25, -0.2) is 0 Å². The zero-order valence-corrected chi connectivity index (χ0v) is 9.96.